The number of carbonyl (C=O) groups is 1. The van der Waals surface area contributed by atoms with E-state index >= 15 is 0 Å². The highest BCUT2D eigenvalue weighted by atomic mass is 79.9. The van der Waals surface area contributed by atoms with Crippen LogP contribution in [0.25, 0.3) is 0 Å². The molecule has 9 heteroatoms. The molecule has 1 aromatic carbocycles. The summed E-state index contributed by atoms with van der Waals surface area (Å²) in [6, 6.07) is 10.6. The number of ether oxygens (including phenoxy) is 1. The fourth-order valence-corrected chi connectivity index (χ4v) is 5.37. The first-order valence-electron chi connectivity index (χ1n) is 9.71. The summed E-state index contributed by atoms with van der Waals surface area (Å²) >= 11 is 3.41. The topological polar surface area (TPSA) is 80.1 Å². The maximum atomic E-state index is 12.9. The highest BCUT2D eigenvalue weighted by Gasteiger charge is 2.32. The molecule has 4 rings (SSSR count). The van der Waals surface area contributed by atoms with Gasteiger partial charge < -0.3 is 14.1 Å². The number of morpholine rings is 1. The molecular formula is C20H23BrN2O5S. The molecule has 2 saturated heterocycles. The van der Waals surface area contributed by atoms with Crippen molar-refractivity contribution in [2.24, 2.45) is 0 Å². The van der Waals surface area contributed by atoms with Crippen LogP contribution < -0.4 is 0 Å². The number of hydrogen-bond donors (Lipinski definition) is 0. The smallest absolute Gasteiger partial charge is 0.289 e. The molecule has 3 heterocycles. The number of benzene rings is 1. The predicted molar refractivity (Wildman–Crippen MR) is 110 cm³/mol. The summed E-state index contributed by atoms with van der Waals surface area (Å²) in [5.74, 6) is -0.285. The molecule has 0 spiro atoms. The largest absolute Gasteiger partial charge is 0.438 e. The van der Waals surface area contributed by atoms with E-state index < -0.39 is 10.0 Å². The minimum absolute atomic E-state index is 0.0389. The Morgan fingerprint density at radius 3 is 2.45 bits per heavy atom. The molecule has 0 aliphatic carbocycles. The van der Waals surface area contributed by atoms with Crippen LogP contribution in [0.3, 0.4) is 0 Å². The normalized spacial score (nSPS) is 21.3. The Morgan fingerprint density at radius 1 is 1.00 bits per heavy atom. The molecule has 0 radical (unpaired) electrons. The van der Waals surface area contributed by atoms with Gasteiger partial charge in [0.05, 0.1) is 13.2 Å². The molecule has 0 bridgehead atoms. The fraction of sp³-hybridized carbons (Fsp3) is 0.450. The Labute approximate surface area is 178 Å². The molecule has 2 aliphatic rings. The Kier molecular flexibility index (Phi) is 6.10. The molecule has 7 nitrogen and oxygen atoms in total. The zero-order valence-corrected chi connectivity index (χ0v) is 18.3. The van der Waals surface area contributed by atoms with Crippen molar-refractivity contribution in [2.45, 2.75) is 30.5 Å². The number of furan rings is 1. The number of nitrogens with zero attached hydrogens (tertiary/aromatic N) is 2. The van der Waals surface area contributed by atoms with Crippen molar-refractivity contribution < 1.29 is 22.4 Å². The van der Waals surface area contributed by atoms with Gasteiger partial charge in [0.25, 0.3) is 15.9 Å². The molecule has 0 saturated carbocycles. The molecule has 1 aromatic heterocycles. The molecule has 2 fully saturated rings. The van der Waals surface area contributed by atoms with Gasteiger partial charge in [0.2, 0.25) is 5.09 Å². The Balaban J connectivity index is 1.47. The molecule has 156 valence electrons. The molecule has 1 amide bonds. The van der Waals surface area contributed by atoms with Crippen LogP contribution in [0.1, 0.15) is 41.5 Å². The lowest BCUT2D eigenvalue weighted by atomic mass is 10.1. The summed E-state index contributed by atoms with van der Waals surface area (Å²) in [7, 11) is -3.70. The second-order valence-corrected chi connectivity index (χ2v) is 10.0. The van der Waals surface area contributed by atoms with Gasteiger partial charge in [-0.2, -0.15) is 4.31 Å². The van der Waals surface area contributed by atoms with Crippen LogP contribution in [-0.4, -0.2) is 56.3 Å². The first-order chi connectivity index (χ1) is 13.9. The van der Waals surface area contributed by atoms with Gasteiger partial charge in [-0.15, -0.1) is 0 Å². The lowest BCUT2D eigenvalue weighted by Gasteiger charge is -2.32. The van der Waals surface area contributed by atoms with Gasteiger partial charge in [-0.05, 0) is 42.7 Å². The number of piperidine rings is 1. The average molecular weight is 483 g/mol. The van der Waals surface area contributed by atoms with Crippen LogP contribution in [0.15, 0.2) is 50.4 Å². The van der Waals surface area contributed by atoms with Crippen molar-refractivity contribution >= 4 is 31.9 Å². The van der Waals surface area contributed by atoms with Crippen LogP contribution >= 0.6 is 15.9 Å². The zero-order chi connectivity index (χ0) is 20.4. The molecule has 0 N–H and O–H groups in total. The van der Waals surface area contributed by atoms with Gasteiger partial charge in [0, 0.05) is 24.1 Å². The number of halogens is 1. The Hall–Kier alpha value is -1.68. The van der Waals surface area contributed by atoms with E-state index in [1.807, 2.05) is 24.3 Å². The quantitative estimate of drug-likeness (QED) is 0.666. The van der Waals surface area contributed by atoms with Crippen molar-refractivity contribution in [3.8, 4) is 0 Å². The minimum atomic E-state index is -3.70. The van der Waals surface area contributed by atoms with Gasteiger partial charge in [0.15, 0.2) is 5.76 Å². The maximum absolute atomic E-state index is 12.9. The minimum Gasteiger partial charge on any atom is -0.438 e. The third kappa shape index (κ3) is 4.42. The van der Waals surface area contributed by atoms with Crippen LogP contribution in [0.5, 0.6) is 0 Å². The SMILES string of the molecule is O=C(c1ccc(S(=O)(=O)N2CCCCC2)o1)N1CCOC(c2ccc(Br)cc2)C1. The number of hydrogen-bond acceptors (Lipinski definition) is 5. The van der Waals surface area contributed by atoms with Crippen molar-refractivity contribution in [2.75, 3.05) is 32.8 Å². The maximum Gasteiger partial charge on any atom is 0.289 e. The standard InChI is InChI=1S/C20H23BrN2O5S/c21-16-6-4-15(5-7-16)18-14-22(12-13-27-18)20(24)17-8-9-19(28-17)29(25,26)23-10-2-1-3-11-23/h4-9,18H,1-3,10-14H2. The summed E-state index contributed by atoms with van der Waals surface area (Å²) in [4.78, 5) is 14.6. The molecule has 1 unspecified atom stereocenters. The summed E-state index contributed by atoms with van der Waals surface area (Å²) in [5, 5.41) is -0.166. The monoisotopic (exact) mass is 482 g/mol. The molecule has 2 aromatic rings. The van der Waals surface area contributed by atoms with Crippen LogP contribution in [0.4, 0.5) is 0 Å². The van der Waals surface area contributed by atoms with E-state index in [9.17, 15) is 13.2 Å². The van der Waals surface area contributed by atoms with Gasteiger partial charge in [0.1, 0.15) is 6.10 Å². The van der Waals surface area contributed by atoms with Gasteiger partial charge in [-0.3, -0.25) is 4.79 Å². The van der Waals surface area contributed by atoms with Gasteiger partial charge >= 0.3 is 0 Å². The molecule has 2 aliphatic heterocycles. The fourth-order valence-electron chi connectivity index (χ4n) is 3.67. The summed E-state index contributed by atoms with van der Waals surface area (Å²) < 4.78 is 39.2. The number of rotatable bonds is 4. The molecular weight excluding hydrogens is 460 g/mol. The second-order valence-electron chi connectivity index (χ2n) is 7.25. The molecule has 29 heavy (non-hydrogen) atoms. The Bertz CT molecular complexity index is 967. The summed E-state index contributed by atoms with van der Waals surface area (Å²) in [5.41, 5.74) is 0.985. The van der Waals surface area contributed by atoms with Crippen LogP contribution in [-0.2, 0) is 14.8 Å². The van der Waals surface area contributed by atoms with E-state index in [0.717, 1.165) is 29.3 Å². The lowest BCUT2D eigenvalue weighted by molar-refractivity contribution is -0.0239. The third-order valence-corrected chi connectivity index (χ3v) is 7.60. The second kappa shape index (κ2) is 8.59. The highest BCUT2D eigenvalue weighted by molar-refractivity contribution is 9.10. The zero-order valence-electron chi connectivity index (χ0n) is 15.9. The predicted octanol–water partition coefficient (Wildman–Crippen LogP) is 3.43. The summed E-state index contributed by atoms with van der Waals surface area (Å²) in [6.07, 6.45) is 2.49. The summed E-state index contributed by atoms with van der Waals surface area (Å²) in [6.45, 7) is 2.21. The number of carbonyl (C=O) groups excluding carboxylic acids is 1. The van der Waals surface area contributed by atoms with Gasteiger partial charge in [-0.25, -0.2) is 8.42 Å². The highest BCUT2D eigenvalue weighted by Crippen LogP contribution is 2.27. The lowest BCUT2D eigenvalue weighted by Crippen LogP contribution is -2.42. The van der Waals surface area contributed by atoms with E-state index in [2.05, 4.69) is 15.9 Å². The van der Waals surface area contributed by atoms with Crippen molar-refractivity contribution in [3.05, 3.63) is 52.2 Å². The first kappa shape index (κ1) is 20.6. The van der Waals surface area contributed by atoms with E-state index in [-0.39, 0.29) is 22.9 Å². The van der Waals surface area contributed by atoms with Crippen LogP contribution in [0, 0.1) is 0 Å². The molecule has 1 atom stereocenters. The van der Waals surface area contributed by atoms with Crippen molar-refractivity contribution in [1.82, 2.24) is 9.21 Å². The van der Waals surface area contributed by atoms with E-state index in [4.69, 9.17) is 9.15 Å². The van der Waals surface area contributed by atoms with E-state index in [1.165, 1.54) is 16.4 Å². The number of amides is 1. The van der Waals surface area contributed by atoms with Crippen molar-refractivity contribution in [3.63, 3.8) is 0 Å². The van der Waals surface area contributed by atoms with Gasteiger partial charge in [-0.1, -0.05) is 34.5 Å². The number of sulfonamides is 1. The Morgan fingerprint density at radius 2 is 1.72 bits per heavy atom. The third-order valence-electron chi connectivity index (χ3n) is 5.30. The first-order valence-corrected chi connectivity index (χ1v) is 11.9. The average Bonchev–Trinajstić information content (AvgIpc) is 3.26. The van der Waals surface area contributed by atoms with Crippen molar-refractivity contribution in [1.29, 1.82) is 0 Å². The van der Waals surface area contributed by atoms with Crippen LogP contribution in [0.2, 0.25) is 0 Å². The van der Waals surface area contributed by atoms with E-state index in [1.54, 1.807) is 4.90 Å². The van der Waals surface area contributed by atoms with E-state index in [0.29, 0.717) is 32.8 Å².